The van der Waals surface area contributed by atoms with E-state index in [1.165, 1.54) is 12.8 Å². The molecule has 0 saturated heterocycles. The summed E-state index contributed by atoms with van der Waals surface area (Å²) in [6.45, 7) is 3.02. The molecule has 1 aromatic carbocycles. The first-order valence-electron chi connectivity index (χ1n) is 6.80. The van der Waals surface area contributed by atoms with Crippen molar-refractivity contribution in [1.82, 2.24) is 5.32 Å². The van der Waals surface area contributed by atoms with Crippen LogP contribution in [-0.2, 0) is 6.54 Å². The summed E-state index contributed by atoms with van der Waals surface area (Å²) in [5.41, 5.74) is 1.09. The van der Waals surface area contributed by atoms with E-state index in [4.69, 9.17) is 34.8 Å². The Hall–Kier alpha value is 0.0500. The first-order valence-corrected chi connectivity index (χ1v) is 8.09. The van der Waals surface area contributed by atoms with Gasteiger partial charge in [0, 0.05) is 18.0 Å². The molecule has 1 saturated carbocycles. The predicted molar refractivity (Wildman–Crippen MR) is 84.4 cm³/mol. The molecule has 4 heteroatoms. The van der Waals surface area contributed by atoms with Crippen LogP contribution in [0.5, 0.6) is 0 Å². The van der Waals surface area contributed by atoms with Crippen molar-refractivity contribution in [3.8, 4) is 0 Å². The van der Waals surface area contributed by atoms with Crippen molar-refractivity contribution in [1.29, 1.82) is 0 Å². The van der Waals surface area contributed by atoms with Gasteiger partial charge in [-0.05, 0) is 30.4 Å². The maximum absolute atomic E-state index is 6.22. The van der Waals surface area contributed by atoms with Gasteiger partial charge in [0.2, 0.25) is 0 Å². The lowest BCUT2D eigenvalue weighted by molar-refractivity contribution is 0.207. The summed E-state index contributed by atoms with van der Waals surface area (Å²) in [6.07, 6.45) is 4.82. The Bertz CT molecular complexity index is 435. The molecule has 2 unspecified atom stereocenters. The molecule has 1 aliphatic rings. The van der Waals surface area contributed by atoms with Gasteiger partial charge in [0.15, 0.2) is 0 Å². The molecular formula is C15H20Cl3N. The monoisotopic (exact) mass is 319 g/mol. The van der Waals surface area contributed by atoms with Crippen molar-refractivity contribution < 1.29 is 0 Å². The minimum atomic E-state index is 0.0465. The Morgan fingerprint density at radius 1 is 1.37 bits per heavy atom. The van der Waals surface area contributed by atoms with E-state index in [-0.39, 0.29) is 5.54 Å². The topological polar surface area (TPSA) is 12.0 Å². The first kappa shape index (κ1) is 15.4. The summed E-state index contributed by atoms with van der Waals surface area (Å²) in [5, 5.41) is 4.88. The lowest BCUT2D eigenvalue weighted by atomic mass is 9.77. The molecule has 0 bridgehead atoms. The van der Waals surface area contributed by atoms with Gasteiger partial charge in [-0.1, -0.05) is 55.1 Å². The average Bonchev–Trinajstić information content (AvgIpc) is 2.40. The van der Waals surface area contributed by atoms with Gasteiger partial charge in [0.1, 0.15) is 0 Å². The second kappa shape index (κ2) is 6.67. The summed E-state index contributed by atoms with van der Waals surface area (Å²) in [6, 6.07) is 5.75. The lowest BCUT2D eigenvalue weighted by Crippen LogP contribution is -2.49. The third-order valence-electron chi connectivity index (χ3n) is 4.03. The van der Waals surface area contributed by atoms with E-state index < -0.39 is 0 Å². The zero-order chi connectivity index (χ0) is 13.9. The number of benzene rings is 1. The molecule has 2 atom stereocenters. The number of rotatable bonds is 4. The van der Waals surface area contributed by atoms with Gasteiger partial charge >= 0.3 is 0 Å². The molecule has 1 fully saturated rings. The molecule has 0 aliphatic heterocycles. The minimum Gasteiger partial charge on any atom is -0.306 e. The molecule has 19 heavy (non-hydrogen) atoms. The summed E-state index contributed by atoms with van der Waals surface area (Å²) in [5.74, 6) is 1.38. The van der Waals surface area contributed by atoms with Gasteiger partial charge in [-0.15, -0.1) is 11.6 Å². The summed E-state index contributed by atoms with van der Waals surface area (Å²) in [7, 11) is 0. The number of hydrogen-bond acceptors (Lipinski definition) is 1. The van der Waals surface area contributed by atoms with Gasteiger partial charge in [0.25, 0.3) is 0 Å². The molecule has 0 amide bonds. The normalized spacial score (nSPS) is 27.5. The van der Waals surface area contributed by atoms with Crippen LogP contribution in [0.25, 0.3) is 0 Å². The second-order valence-electron chi connectivity index (χ2n) is 5.68. The van der Waals surface area contributed by atoms with Gasteiger partial charge in [-0.3, -0.25) is 0 Å². The van der Waals surface area contributed by atoms with Crippen molar-refractivity contribution in [2.75, 3.05) is 5.88 Å². The largest absolute Gasteiger partial charge is 0.306 e. The van der Waals surface area contributed by atoms with E-state index in [0.717, 1.165) is 30.9 Å². The molecule has 0 aromatic heterocycles. The molecular weight excluding hydrogens is 301 g/mol. The van der Waals surface area contributed by atoms with E-state index in [1.54, 1.807) is 0 Å². The molecule has 2 rings (SSSR count). The van der Waals surface area contributed by atoms with Gasteiger partial charge in [0.05, 0.1) is 10.0 Å². The third kappa shape index (κ3) is 3.78. The summed E-state index contributed by atoms with van der Waals surface area (Å²) < 4.78 is 0. The fourth-order valence-corrected chi connectivity index (χ4v) is 3.68. The lowest BCUT2D eigenvalue weighted by Gasteiger charge is -2.39. The van der Waals surface area contributed by atoms with E-state index in [0.29, 0.717) is 15.9 Å². The van der Waals surface area contributed by atoms with Gasteiger partial charge in [-0.25, -0.2) is 0 Å². The molecule has 1 nitrogen and oxygen atoms in total. The van der Waals surface area contributed by atoms with E-state index in [9.17, 15) is 0 Å². The number of halogens is 3. The van der Waals surface area contributed by atoms with Crippen LogP contribution in [0.15, 0.2) is 18.2 Å². The number of nitrogens with one attached hydrogen (secondary N) is 1. The van der Waals surface area contributed by atoms with Crippen molar-refractivity contribution in [3.63, 3.8) is 0 Å². The maximum atomic E-state index is 6.22. The van der Waals surface area contributed by atoms with Crippen LogP contribution >= 0.6 is 34.8 Å². The maximum Gasteiger partial charge on any atom is 0.0637 e. The molecule has 0 spiro atoms. The van der Waals surface area contributed by atoms with Crippen LogP contribution in [-0.4, -0.2) is 11.4 Å². The first-order chi connectivity index (χ1) is 9.06. The van der Waals surface area contributed by atoms with Crippen LogP contribution in [0, 0.1) is 5.92 Å². The molecule has 0 heterocycles. The van der Waals surface area contributed by atoms with E-state index in [1.807, 2.05) is 18.2 Å². The highest BCUT2D eigenvalue weighted by Crippen LogP contribution is 2.34. The Kier molecular flexibility index (Phi) is 5.42. The van der Waals surface area contributed by atoms with Crippen LogP contribution in [0.4, 0.5) is 0 Å². The summed E-state index contributed by atoms with van der Waals surface area (Å²) in [4.78, 5) is 0. The zero-order valence-corrected chi connectivity index (χ0v) is 13.5. The van der Waals surface area contributed by atoms with Crippen LogP contribution < -0.4 is 5.32 Å². The highest BCUT2D eigenvalue weighted by atomic mass is 35.5. The Morgan fingerprint density at radius 2 is 2.16 bits per heavy atom. The van der Waals surface area contributed by atoms with Crippen molar-refractivity contribution >= 4 is 34.8 Å². The molecule has 0 radical (unpaired) electrons. The van der Waals surface area contributed by atoms with Crippen molar-refractivity contribution in [2.24, 2.45) is 5.92 Å². The fourth-order valence-electron chi connectivity index (χ4n) is 2.96. The molecule has 1 N–H and O–H groups in total. The Labute approximate surface area is 130 Å². The standard InChI is InChI=1S/C15H20Cl3N/c1-11-4-3-7-15(8-11,10-16)19-9-12-5-2-6-13(17)14(12)18/h2,5-6,11,19H,3-4,7-10H2,1H3. The molecule has 1 aromatic rings. The predicted octanol–water partition coefficient (Wildman–Crippen LogP) is 5.27. The van der Waals surface area contributed by atoms with Crippen LogP contribution in [0.3, 0.4) is 0 Å². The minimum absolute atomic E-state index is 0.0465. The highest BCUT2D eigenvalue weighted by Gasteiger charge is 2.33. The SMILES string of the molecule is CC1CCCC(CCl)(NCc2cccc(Cl)c2Cl)C1. The smallest absolute Gasteiger partial charge is 0.0637 e. The van der Waals surface area contributed by atoms with Gasteiger partial charge in [-0.2, -0.15) is 0 Å². The molecule has 106 valence electrons. The quantitative estimate of drug-likeness (QED) is 0.745. The average molecular weight is 321 g/mol. The third-order valence-corrected chi connectivity index (χ3v) is 5.40. The second-order valence-corrected chi connectivity index (χ2v) is 6.73. The Balaban J connectivity index is 2.05. The van der Waals surface area contributed by atoms with Gasteiger partial charge < -0.3 is 5.32 Å². The number of alkyl halides is 1. The highest BCUT2D eigenvalue weighted by molar-refractivity contribution is 6.42. The van der Waals surface area contributed by atoms with E-state index in [2.05, 4.69) is 12.2 Å². The van der Waals surface area contributed by atoms with E-state index >= 15 is 0 Å². The van der Waals surface area contributed by atoms with Crippen LogP contribution in [0.2, 0.25) is 10.0 Å². The van der Waals surface area contributed by atoms with Crippen molar-refractivity contribution in [3.05, 3.63) is 33.8 Å². The molecule has 1 aliphatic carbocycles. The fraction of sp³-hybridized carbons (Fsp3) is 0.600. The van der Waals surface area contributed by atoms with Crippen LogP contribution in [0.1, 0.15) is 38.2 Å². The zero-order valence-electron chi connectivity index (χ0n) is 11.2. The summed E-state index contributed by atoms with van der Waals surface area (Å²) >= 11 is 18.5. The number of hydrogen-bond donors (Lipinski definition) is 1. The van der Waals surface area contributed by atoms with Crippen molar-refractivity contribution in [2.45, 2.75) is 44.7 Å². The Morgan fingerprint density at radius 3 is 2.84 bits per heavy atom.